The summed E-state index contributed by atoms with van der Waals surface area (Å²) >= 11 is 0. The Morgan fingerprint density at radius 1 is 0.951 bits per heavy atom. The quantitative estimate of drug-likeness (QED) is 0.320. The highest BCUT2D eigenvalue weighted by Gasteiger charge is 2.33. The fraction of sp³-hybridized carbons (Fsp3) is 0.375. The first kappa shape index (κ1) is 31.7. The van der Waals surface area contributed by atoms with Crippen molar-refractivity contribution >= 4 is 27.5 Å². The summed E-state index contributed by atoms with van der Waals surface area (Å²) in [6.45, 7) is 10.7. The van der Waals surface area contributed by atoms with Crippen LogP contribution in [0.4, 0.5) is 5.69 Å². The van der Waals surface area contributed by atoms with E-state index < -0.39 is 28.5 Å². The van der Waals surface area contributed by atoms with Gasteiger partial charge in [-0.05, 0) is 88.1 Å². The van der Waals surface area contributed by atoms with E-state index in [4.69, 9.17) is 4.74 Å². The van der Waals surface area contributed by atoms with E-state index in [9.17, 15) is 18.0 Å². The maximum atomic E-state index is 14.1. The Morgan fingerprint density at radius 3 is 2.24 bits per heavy atom. The predicted molar refractivity (Wildman–Crippen MR) is 163 cm³/mol. The van der Waals surface area contributed by atoms with Crippen molar-refractivity contribution in [2.24, 2.45) is 0 Å². The highest BCUT2D eigenvalue weighted by atomic mass is 32.2. The van der Waals surface area contributed by atoms with Gasteiger partial charge in [-0.2, -0.15) is 0 Å². The van der Waals surface area contributed by atoms with Crippen LogP contribution in [0.3, 0.4) is 0 Å². The Labute approximate surface area is 244 Å². The van der Waals surface area contributed by atoms with E-state index in [1.807, 2.05) is 52.8 Å². The summed E-state index contributed by atoms with van der Waals surface area (Å²) in [6.07, 6.45) is 0.734. The Kier molecular flexibility index (Phi) is 10.6. The van der Waals surface area contributed by atoms with E-state index in [1.165, 1.54) is 4.90 Å². The number of aryl methyl sites for hydroxylation is 2. The minimum atomic E-state index is -4.13. The third-order valence-corrected chi connectivity index (χ3v) is 9.16. The van der Waals surface area contributed by atoms with Crippen molar-refractivity contribution in [2.75, 3.05) is 18.0 Å². The number of anilines is 1. The normalized spacial score (nSPS) is 12.8. The van der Waals surface area contributed by atoms with E-state index >= 15 is 0 Å². The molecule has 0 heterocycles. The van der Waals surface area contributed by atoms with Crippen LogP contribution in [0.2, 0.25) is 0 Å². The lowest BCUT2D eigenvalue weighted by Gasteiger charge is -2.33. The lowest BCUT2D eigenvalue weighted by atomic mass is 10.1. The molecular formula is C32H41N3O5S. The Morgan fingerprint density at radius 2 is 1.61 bits per heavy atom. The monoisotopic (exact) mass is 579 g/mol. The molecule has 0 aromatic heterocycles. The third-order valence-electron chi connectivity index (χ3n) is 7.39. The van der Waals surface area contributed by atoms with Gasteiger partial charge in [0.05, 0.1) is 17.7 Å². The number of ether oxygens (including phenoxy) is 1. The summed E-state index contributed by atoms with van der Waals surface area (Å²) in [4.78, 5) is 28.8. The summed E-state index contributed by atoms with van der Waals surface area (Å²) in [5.74, 6) is -0.197. The van der Waals surface area contributed by atoms with Crippen molar-refractivity contribution in [1.82, 2.24) is 10.2 Å². The number of hydrogen-bond acceptors (Lipinski definition) is 5. The molecule has 41 heavy (non-hydrogen) atoms. The molecule has 2 atom stereocenters. The van der Waals surface area contributed by atoms with Crippen LogP contribution < -0.4 is 14.4 Å². The van der Waals surface area contributed by atoms with Crippen molar-refractivity contribution < 1.29 is 22.7 Å². The molecule has 0 aliphatic heterocycles. The molecule has 0 bridgehead atoms. The average molecular weight is 580 g/mol. The van der Waals surface area contributed by atoms with Crippen LogP contribution in [0.5, 0.6) is 5.75 Å². The Hall–Kier alpha value is -3.85. The molecule has 1 N–H and O–H groups in total. The minimum Gasteiger partial charge on any atom is -0.497 e. The first-order chi connectivity index (χ1) is 19.4. The lowest BCUT2D eigenvalue weighted by molar-refractivity contribution is -0.139. The largest absolute Gasteiger partial charge is 0.497 e. The number of sulfonamides is 1. The topological polar surface area (TPSA) is 96.0 Å². The molecule has 0 saturated carbocycles. The predicted octanol–water partition coefficient (Wildman–Crippen LogP) is 5.15. The molecule has 9 heteroatoms. The second-order valence-electron chi connectivity index (χ2n) is 10.4. The molecule has 220 valence electrons. The molecule has 0 aliphatic carbocycles. The maximum absolute atomic E-state index is 14.1. The van der Waals surface area contributed by atoms with Gasteiger partial charge in [0.15, 0.2) is 0 Å². The fourth-order valence-electron chi connectivity index (χ4n) is 4.37. The standard InChI is InChI=1S/C32H41N3O5S/c1-8-24(4)33-32(37)26(6)34(20-27-12-10-13-28(19-27)40-7)31(36)21-35(30-14-9-11-23(3)25(30)5)41(38,39)29-17-15-22(2)16-18-29/h9-19,24,26H,8,20-21H2,1-7H3,(H,33,37)/t24-,26+/m0/s1. The van der Waals surface area contributed by atoms with Crippen LogP contribution in [0.25, 0.3) is 0 Å². The van der Waals surface area contributed by atoms with E-state index in [1.54, 1.807) is 62.6 Å². The van der Waals surface area contributed by atoms with Gasteiger partial charge < -0.3 is 15.0 Å². The number of nitrogens with zero attached hydrogens (tertiary/aromatic N) is 2. The van der Waals surface area contributed by atoms with Crippen molar-refractivity contribution in [2.45, 2.75) is 71.5 Å². The second-order valence-corrected chi connectivity index (χ2v) is 12.3. The summed E-state index contributed by atoms with van der Waals surface area (Å²) < 4.78 is 34.6. The molecule has 8 nitrogen and oxygen atoms in total. The molecule has 3 aromatic carbocycles. The van der Waals surface area contributed by atoms with Crippen LogP contribution in [0.15, 0.2) is 71.6 Å². The van der Waals surface area contributed by atoms with Crippen molar-refractivity contribution in [3.63, 3.8) is 0 Å². The molecule has 0 unspecified atom stereocenters. The van der Waals surface area contributed by atoms with Gasteiger partial charge >= 0.3 is 0 Å². The number of amides is 2. The number of rotatable bonds is 12. The van der Waals surface area contributed by atoms with Crippen LogP contribution in [-0.4, -0.2) is 50.9 Å². The van der Waals surface area contributed by atoms with E-state index in [0.717, 1.165) is 33.0 Å². The maximum Gasteiger partial charge on any atom is 0.264 e. The van der Waals surface area contributed by atoms with Crippen LogP contribution in [0.1, 0.15) is 49.4 Å². The number of carbonyl (C=O) groups is 2. The highest BCUT2D eigenvalue weighted by Crippen LogP contribution is 2.29. The van der Waals surface area contributed by atoms with E-state index in [2.05, 4.69) is 5.32 Å². The van der Waals surface area contributed by atoms with Crippen molar-refractivity contribution in [3.8, 4) is 5.75 Å². The van der Waals surface area contributed by atoms with E-state index in [0.29, 0.717) is 11.4 Å². The smallest absolute Gasteiger partial charge is 0.264 e. The fourth-order valence-corrected chi connectivity index (χ4v) is 5.84. The Balaban J connectivity index is 2.08. The van der Waals surface area contributed by atoms with Crippen molar-refractivity contribution in [3.05, 3.63) is 89.0 Å². The van der Waals surface area contributed by atoms with Gasteiger partial charge in [-0.15, -0.1) is 0 Å². The SMILES string of the molecule is CC[C@H](C)NC(=O)[C@@H](C)N(Cc1cccc(OC)c1)C(=O)CN(c1cccc(C)c1C)S(=O)(=O)c1ccc(C)cc1. The zero-order chi connectivity index (χ0) is 30.3. The number of benzene rings is 3. The second kappa shape index (κ2) is 13.7. The van der Waals surface area contributed by atoms with Gasteiger partial charge in [-0.1, -0.05) is 48.9 Å². The van der Waals surface area contributed by atoms with Crippen LogP contribution in [-0.2, 0) is 26.2 Å². The van der Waals surface area contributed by atoms with Gasteiger partial charge in [-0.3, -0.25) is 13.9 Å². The molecule has 0 fully saturated rings. The summed E-state index contributed by atoms with van der Waals surface area (Å²) in [6, 6.07) is 18.2. The molecule has 3 aromatic rings. The van der Waals surface area contributed by atoms with Crippen LogP contribution >= 0.6 is 0 Å². The molecule has 3 rings (SSSR count). The first-order valence-electron chi connectivity index (χ1n) is 13.8. The summed E-state index contributed by atoms with van der Waals surface area (Å²) in [7, 11) is -2.57. The van der Waals surface area contributed by atoms with Crippen LogP contribution in [0, 0.1) is 20.8 Å². The zero-order valence-electron chi connectivity index (χ0n) is 25.0. The minimum absolute atomic E-state index is 0.0768. The van der Waals surface area contributed by atoms with Crippen molar-refractivity contribution in [1.29, 1.82) is 0 Å². The number of hydrogen-bond donors (Lipinski definition) is 1. The molecule has 0 spiro atoms. The highest BCUT2D eigenvalue weighted by molar-refractivity contribution is 7.92. The first-order valence-corrected chi connectivity index (χ1v) is 15.2. The molecule has 0 saturated heterocycles. The number of nitrogens with one attached hydrogen (secondary N) is 1. The van der Waals surface area contributed by atoms with E-state index in [-0.39, 0.29) is 23.4 Å². The summed E-state index contributed by atoms with van der Waals surface area (Å²) in [5, 5.41) is 2.95. The van der Waals surface area contributed by atoms with Gasteiger partial charge in [-0.25, -0.2) is 8.42 Å². The van der Waals surface area contributed by atoms with Gasteiger partial charge in [0.25, 0.3) is 10.0 Å². The average Bonchev–Trinajstić information content (AvgIpc) is 2.95. The molecular weight excluding hydrogens is 538 g/mol. The lowest BCUT2D eigenvalue weighted by Crippen LogP contribution is -2.52. The Bertz CT molecular complexity index is 1470. The molecule has 0 radical (unpaired) electrons. The molecule has 2 amide bonds. The number of carbonyl (C=O) groups excluding carboxylic acids is 2. The molecule has 0 aliphatic rings. The zero-order valence-corrected chi connectivity index (χ0v) is 25.8. The number of methoxy groups -OCH3 is 1. The van der Waals surface area contributed by atoms with Gasteiger partial charge in [0.1, 0.15) is 18.3 Å². The van der Waals surface area contributed by atoms with Gasteiger partial charge in [0, 0.05) is 12.6 Å². The summed E-state index contributed by atoms with van der Waals surface area (Å²) in [5.41, 5.74) is 3.73. The third kappa shape index (κ3) is 7.67. The van der Waals surface area contributed by atoms with Gasteiger partial charge in [0.2, 0.25) is 11.8 Å².